The maximum atomic E-state index is 13.5. The van der Waals surface area contributed by atoms with Crippen molar-refractivity contribution in [3.05, 3.63) is 23.8 Å². The molecule has 3 heterocycles. The fourth-order valence-corrected chi connectivity index (χ4v) is 8.48. The standard InChI is InChI=1S/C28H40O8/c1-6-7-8-9-10-11-26-34-21-19-22-25(14-29,33-22)23(31)27(32)18(12-16(4)20(27)30)28(19,36-26)17(5)13-24(21,35-26)15(2)3/h12,17-19,21-23,29,31-32H,2,6-11,13-14H2,1,3-5H3/t17-,18-,19-,21-,22+,23-,24-,25+,26?,27-,28+/m1/s1. The molecule has 3 saturated heterocycles. The minimum absolute atomic E-state index is 0.182. The van der Waals surface area contributed by atoms with E-state index in [4.69, 9.17) is 18.9 Å². The van der Waals surface area contributed by atoms with Crippen LogP contribution >= 0.6 is 0 Å². The predicted octanol–water partition coefficient (Wildman–Crippen LogP) is 2.54. The summed E-state index contributed by atoms with van der Waals surface area (Å²) in [7, 11) is 0. The first kappa shape index (κ1) is 25.2. The second-order valence-corrected chi connectivity index (χ2v) is 12.3. The van der Waals surface area contributed by atoms with Crippen LogP contribution in [0.2, 0.25) is 0 Å². The second-order valence-electron chi connectivity index (χ2n) is 12.3. The quantitative estimate of drug-likeness (QED) is 0.262. The third-order valence-electron chi connectivity index (χ3n) is 10.3. The zero-order valence-electron chi connectivity index (χ0n) is 21.8. The molecule has 8 nitrogen and oxygen atoms in total. The second kappa shape index (κ2) is 7.72. The Bertz CT molecular complexity index is 1030. The van der Waals surface area contributed by atoms with E-state index in [1.54, 1.807) is 13.0 Å². The smallest absolute Gasteiger partial charge is 0.284 e. The molecular formula is C28H40O8. The first-order valence-corrected chi connectivity index (χ1v) is 13.7. The van der Waals surface area contributed by atoms with Gasteiger partial charge >= 0.3 is 0 Å². The molecule has 6 aliphatic rings. The molecule has 3 N–H and O–H groups in total. The summed E-state index contributed by atoms with van der Waals surface area (Å²) in [6.07, 6.45) is 5.35. The zero-order valence-corrected chi connectivity index (χ0v) is 21.8. The van der Waals surface area contributed by atoms with Gasteiger partial charge in [-0.1, -0.05) is 52.2 Å². The van der Waals surface area contributed by atoms with Gasteiger partial charge in [-0.25, -0.2) is 0 Å². The van der Waals surface area contributed by atoms with E-state index < -0.39 is 70.9 Å². The van der Waals surface area contributed by atoms with Gasteiger partial charge in [-0.15, -0.1) is 0 Å². The third-order valence-corrected chi connectivity index (χ3v) is 10.3. The number of aliphatic hydroxyl groups is 3. The van der Waals surface area contributed by atoms with Crippen LogP contribution < -0.4 is 0 Å². The minimum atomic E-state index is -2.17. The van der Waals surface area contributed by atoms with Gasteiger partial charge in [0.1, 0.15) is 29.5 Å². The highest BCUT2D eigenvalue weighted by atomic mass is 16.9. The number of fused-ring (bicyclic) bond motifs is 3. The van der Waals surface area contributed by atoms with E-state index in [2.05, 4.69) is 20.4 Å². The Labute approximate surface area is 212 Å². The lowest BCUT2D eigenvalue weighted by molar-refractivity contribution is -0.430. The molecule has 3 aliphatic carbocycles. The predicted molar refractivity (Wildman–Crippen MR) is 129 cm³/mol. The molecule has 8 heteroatoms. The van der Waals surface area contributed by atoms with Crippen molar-refractivity contribution in [3.8, 4) is 0 Å². The number of carbonyl (C=O) groups is 1. The molecule has 11 atom stereocenters. The monoisotopic (exact) mass is 504 g/mol. The molecule has 0 amide bonds. The molecule has 0 aromatic heterocycles. The highest BCUT2D eigenvalue weighted by molar-refractivity contribution is 6.05. The van der Waals surface area contributed by atoms with Gasteiger partial charge in [-0.3, -0.25) is 4.79 Å². The van der Waals surface area contributed by atoms with Crippen molar-refractivity contribution >= 4 is 5.78 Å². The summed E-state index contributed by atoms with van der Waals surface area (Å²) in [6, 6.07) is 0. The van der Waals surface area contributed by atoms with Gasteiger partial charge in [0, 0.05) is 18.3 Å². The summed E-state index contributed by atoms with van der Waals surface area (Å²) in [5, 5.41) is 34.0. The van der Waals surface area contributed by atoms with E-state index in [0.717, 1.165) is 31.3 Å². The van der Waals surface area contributed by atoms with Crippen LogP contribution in [-0.4, -0.2) is 74.4 Å². The van der Waals surface area contributed by atoms with Crippen LogP contribution in [0.25, 0.3) is 0 Å². The summed E-state index contributed by atoms with van der Waals surface area (Å²) in [4.78, 5) is 13.5. The van der Waals surface area contributed by atoms with E-state index in [9.17, 15) is 20.1 Å². The number of hydrogen-bond acceptors (Lipinski definition) is 8. The SMILES string of the molecule is C=C(C)[C@]12C[C@@H](C)[C@@]34OC(CCCCCCC)(O[C@@H]1[C@@H]3[C@@H]1O[C@]1(CO)[C@@H](O)[C@]1(O)C(=O)C(C)=C[C@H]14)O2. The van der Waals surface area contributed by atoms with Crippen molar-refractivity contribution in [2.45, 2.75) is 119 Å². The van der Waals surface area contributed by atoms with Gasteiger partial charge in [-0.05, 0) is 43.8 Å². The number of carbonyl (C=O) groups excluding carboxylic acids is 1. The van der Waals surface area contributed by atoms with E-state index >= 15 is 0 Å². The molecule has 5 fully saturated rings. The summed E-state index contributed by atoms with van der Waals surface area (Å²) in [6.45, 7) is 11.6. The average molecular weight is 505 g/mol. The molecule has 0 radical (unpaired) electrons. The van der Waals surface area contributed by atoms with Gasteiger partial charge in [0.2, 0.25) is 0 Å². The van der Waals surface area contributed by atoms with Crippen molar-refractivity contribution in [1.29, 1.82) is 0 Å². The molecule has 200 valence electrons. The van der Waals surface area contributed by atoms with Crippen molar-refractivity contribution in [3.63, 3.8) is 0 Å². The Hall–Kier alpha value is -1.13. The Morgan fingerprint density at radius 2 is 1.89 bits per heavy atom. The molecule has 3 bridgehead atoms. The topological polar surface area (TPSA) is 118 Å². The van der Waals surface area contributed by atoms with Crippen LogP contribution in [-0.2, 0) is 23.7 Å². The first-order chi connectivity index (χ1) is 17.0. The van der Waals surface area contributed by atoms with Gasteiger partial charge in [-0.2, -0.15) is 0 Å². The fraction of sp³-hybridized carbons (Fsp3) is 0.821. The summed E-state index contributed by atoms with van der Waals surface area (Å²) in [5.74, 6) is -3.37. The Kier molecular flexibility index (Phi) is 5.39. The number of hydrogen-bond donors (Lipinski definition) is 3. The minimum Gasteiger partial charge on any atom is -0.393 e. The number of Topliss-reactive ketones (excluding diaryl/α,β-unsaturated/α-hetero) is 1. The lowest BCUT2D eigenvalue weighted by atomic mass is 9.54. The number of unbranched alkanes of at least 4 members (excludes halogenated alkanes) is 4. The van der Waals surface area contributed by atoms with Crippen LogP contribution in [0.15, 0.2) is 23.8 Å². The van der Waals surface area contributed by atoms with Crippen LogP contribution in [0.4, 0.5) is 0 Å². The average Bonchev–Trinajstić information content (AvgIpc) is 3.48. The lowest BCUT2D eigenvalue weighted by Crippen LogP contribution is -2.72. The van der Waals surface area contributed by atoms with Gasteiger partial charge < -0.3 is 34.3 Å². The largest absolute Gasteiger partial charge is 0.393 e. The number of aliphatic hydroxyl groups excluding tert-OH is 2. The lowest BCUT2D eigenvalue weighted by Gasteiger charge is -2.59. The zero-order chi connectivity index (χ0) is 25.9. The summed E-state index contributed by atoms with van der Waals surface area (Å²) >= 11 is 0. The maximum absolute atomic E-state index is 13.5. The van der Waals surface area contributed by atoms with Crippen LogP contribution in [0.1, 0.15) is 72.6 Å². The van der Waals surface area contributed by atoms with Crippen molar-refractivity contribution in [1.82, 2.24) is 0 Å². The maximum Gasteiger partial charge on any atom is 0.284 e. The van der Waals surface area contributed by atoms with Crippen LogP contribution in [0.3, 0.4) is 0 Å². The Morgan fingerprint density at radius 1 is 1.17 bits per heavy atom. The van der Waals surface area contributed by atoms with E-state index in [1.807, 2.05) is 6.92 Å². The third kappa shape index (κ3) is 2.72. The van der Waals surface area contributed by atoms with E-state index in [1.165, 1.54) is 6.42 Å². The van der Waals surface area contributed by atoms with Gasteiger partial charge in [0.25, 0.3) is 5.97 Å². The number of epoxide rings is 1. The number of ether oxygens (including phenoxy) is 4. The first-order valence-electron chi connectivity index (χ1n) is 13.7. The Morgan fingerprint density at radius 3 is 2.56 bits per heavy atom. The molecule has 0 aromatic rings. The summed E-state index contributed by atoms with van der Waals surface area (Å²) < 4.78 is 26.6. The van der Waals surface area contributed by atoms with Crippen molar-refractivity contribution in [2.24, 2.45) is 17.8 Å². The highest BCUT2D eigenvalue weighted by Gasteiger charge is 2.88. The van der Waals surface area contributed by atoms with Crippen LogP contribution in [0, 0.1) is 17.8 Å². The van der Waals surface area contributed by atoms with E-state index in [-0.39, 0.29) is 5.92 Å². The Balaban J connectivity index is 1.50. The molecule has 2 saturated carbocycles. The molecule has 6 rings (SSSR count). The molecule has 0 spiro atoms. The fourth-order valence-electron chi connectivity index (χ4n) is 8.48. The van der Waals surface area contributed by atoms with Crippen LogP contribution in [0.5, 0.6) is 0 Å². The summed E-state index contributed by atoms with van der Waals surface area (Å²) in [5.41, 5.74) is -4.36. The number of rotatable bonds is 8. The molecule has 36 heavy (non-hydrogen) atoms. The highest BCUT2D eigenvalue weighted by Crippen LogP contribution is 2.73. The van der Waals surface area contributed by atoms with Crippen molar-refractivity contribution in [2.75, 3.05) is 6.61 Å². The van der Waals surface area contributed by atoms with Crippen molar-refractivity contribution < 1.29 is 39.1 Å². The molecule has 1 unspecified atom stereocenters. The van der Waals surface area contributed by atoms with Gasteiger partial charge in [0.05, 0.1) is 12.2 Å². The number of ketones is 1. The molecule has 0 aromatic carbocycles. The van der Waals surface area contributed by atoms with E-state index in [0.29, 0.717) is 18.4 Å². The molecular weight excluding hydrogens is 464 g/mol. The van der Waals surface area contributed by atoms with Gasteiger partial charge in [0.15, 0.2) is 11.4 Å². The normalized spacial score (nSPS) is 54.0. The molecule has 3 aliphatic heterocycles.